The van der Waals surface area contributed by atoms with E-state index in [-0.39, 0.29) is 0 Å². The maximum atomic E-state index is 4.40. The van der Waals surface area contributed by atoms with Crippen molar-refractivity contribution in [1.29, 1.82) is 0 Å². The minimum Gasteiger partial charge on any atom is -0.229 e. The van der Waals surface area contributed by atoms with E-state index in [4.69, 9.17) is 0 Å². The Bertz CT molecular complexity index is 730. The quantitative estimate of drug-likeness (QED) is 0.314. The second-order valence-electron chi connectivity index (χ2n) is 7.34. The summed E-state index contributed by atoms with van der Waals surface area (Å²) in [6.45, 7) is 4.49. The van der Waals surface area contributed by atoms with E-state index in [1.165, 1.54) is 68.9 Å². The predicted molar refractivity (Wildman–Crippen MR) is 125 cm³/mol. The maximum absolute atomic E-state index is 4.40. The van der Waals surface area contributed by atoms with E-state index in [1.807, 2.05) is 12.4 Å². The lowest BCUT2D eigenvalue weighted by atomic mass is 10.1. The fourth-order valence-electron chi connectivity index (χ4n) is 3.12. The lowest BCUT2D eigenvalue weighted by Gasteiger charge is -2.01. The number of unbranched alkanes of at least 4 members (excludes halogenated alkanes) is 7. The van der Waals surface area contributed by atoms with Crippen LogP contribution in [0.25, 0.3) is 0 Å². The molecule has 1 heterocycles. The van der Waals surface area contributed by atoms with Gasteiger partial charge < -0.3 is 0 Å². The molecule has 29 heavy (non-hydrogen) atoms. The third kappa shape index (κ3) is 11.1. The van der Waals surface area contributed by atoms with Crippen molar-refractivity contribution in [3.8, 4) is 24.7 Å². The third-order valence-electron chi connectivity index (χ3n) is 4.87. The average molecular weight is 389 g/mol. The smallest absolute Gasteiger partial charge is 0.205 e. The van der Waals surface area contributed by atoms with E-state index in [1.54, 1.807) is 0 Å². The van der Waals surface area contributed by atoms with Crippen LogP contribution in [0.15, 0.2) is 36.7 Å². The standard InChI is InChI=1S/C25H34N2.C2H2/c1-3-5-7-8-9-11-13-24-20-26-25(27-21-24)19-18-23-16-14-22(15-17-23)12-10-6-4-2;1-2/h14-17,20-21H,3-13H2,1-2H3;1-2H. The summed E-state index contributed by atoms with van der Waals surface area (Å²) < 4.78 is 0. The molecule has 2 heteroatoms. The van der Waals surface area contributed by atoms with Crippen LogP contribution in [-0.2, 0) is 12.8 Å². The summed E-state index contributed by atoms with van der Waals surface area (Å²) in [4.78, 5) is 8.81. The van der Waals surface area contributed by atoms with Crippen molar-refractivity contribution in [2.75, 3.05) is 0 Å². The van der Waals surface area contributed by atoms with Crippen molar-refractivity contribution in [2.24, 2.45) is 0 Å². The number of rotatable bonds is 11. The van der Waals surface area contributed by atoms with Crippen LogP contribution < -0.4 is 0 Å². The number of aryl methyl sites for hydroxylation is 2. The lowest BCUT2D eigenvalue weighted by molar-refractivity contribution is 0.606. The van der Waals surface area contributed by atoms with Crippen LogP contribution in [0.2, 0.25) is 0 Å². The van der Waals surface area contributed by atoms with Crippen molar-refractivity contribution >= 4 is 0 Å². The Kier molecular flexibility index (Phi) is 13.8. The summed E-state index contributed by atoms with van der Waals surface area (Å²) in [5, 5.41) is 0. The van der Waals surface area contributed by atoms with E-state index in [0.717, 1.165) is 18.4 Å². The zero-order chi connectivity index (χ0) is 21.2. The Hall–Kier alpha value is -2.58. The highest BCUT2D eigenvalue weighted by Gasteiger charge is 1.97. The van der Waals surface area contributed by atoms with Crippen molar-refractivity contribution in [2.45, 2.75) is 84.5 Å². The molecule has 0 N–H and O–H groups in total. The number of aromatic nitrogens is 2. The Morgan fingerprint density at radius 1 is 0.655 bits per heavy atom. The maximum Gasteiger partial charge on any atom is 0.205 e. The predicted octanol–water partition coefficient (Wildman–Crippen LogP) is 6.76. The minimum absolute atomic E-state index is 0.605. The molecule has 0 atom stereocenters. The Morgan fingerprint density at radius 3 is 1.83 bits per heavy atom. The van der Waals surface area contributed by atoms with Gasteiger partial charge >= 0.3 is 0 Å². The molecule has 1 aromatic heterocycles. The molecule has 2 rings (SSSR count). The zero-order valence-electron chi connectivity index (χ0n) is 18.3. The summed E-state index contributed by atoms with van der Waals surface area (Å²) in [5.41, 5.74) is 3.63. The van der Waals surface area contributed by atoms with Crippen molar-refractivity contribution in [1.82, 2.24) is 9.97 Å². The summed E-state index contributed by atoms with van der Waals surface area (Å²) in [6.07, 6.45) is 25.8. The van der Waals surface area contributed by atoms with Gasteiger partial charge in [0.1, 0.15) is 0 Å². The monoisotopic (exact) mass is 388 g/mol. The molecule has 2 nitrogen and oxygen atoms in total. The van der Waals surface area contributed by atoms with Gasteiger partial charge in [-0.1, -0.05) is 76.8 Å². The molecule has 0 bridgehead atoms. The Balaban J connectivity index is 0.00000204. The normalized spacial score (nSPS) is 9.79. The molecule has 0 fully saturated rings. The van der Waals surface area contributed by atoms with Crippen molar-refractivity contribution in [3.63, 3.8) is 0 Å². The molecule has 0 spiro atoms. The molecule has 0 amide bonds. The van der Waals surface area contributed by atoms with Gasteiger partial charge in [0.2, 0.25) is 5.82 Å². The fourth-order valence-corrected chi connectivity index (χ4v) is 3.12. The van der Waals surface area contributed by atoms with Crippen LogP contribution in [-0.4, -0.2) is 9.97 Å². The first-order valence-corrected chi connectivity index (χ1v) is 11.1. The fraction of sp³-hybridized carbons (Fsp3) is 0.481. The van der Waals surface area contributed by atoms with E-state index < -0.39 is 0 Å². The van der Waals surface area contributed by atoms with Crippen LogP contribution in [0, 0.1) is 24.7 Å². The molecular weight excluding hydrogens is 352 g/mol. The second-order valence-corrected chi connectivity index (χ2v) is 7.34. The lowest BCUT2D eigenvalue weighted by Crippen LogP contribution is -1.93. The van der Waals surface area contributed by atoms with Gasteiger partial charge in [0.15, 0.2) is 0 Å². The first-order valence-electron chi connectivity index (χ1n) is 11.1. The van der Waals surface area contributed by atoms with Crippen LogP contribution in [0.1, 0.15) is 94.1 Å². The van der Waals surface area contributed by atoms with E-state index in [9.17, 15) is 0 Å². The van der Waals surface area contributed by atoms with Gasteiger partial charge in [-0.2, -0.15) is 0 Å². The van der Waals surface area contributed by atoms with E-state index in [2.05, 4.69) is 72.8 Å². The molecule has 154 valence electrons. The minimum atomic E-state index is 0.605. The van der Waals surface area contributed by atoms with Crippen LogP contribution in [0.5, 0.6) is 0 Å². The highest BCUT2D eigenvalue weighted by atomic mass is 14.8. The number of nitrogens with zero attached hydrogens (tertiary/aromatic N) is 2. The third-order valence-corrected chi connectivity index (χ3v) is 4.87. The molecule has 0 saturated carbocycles. The molecule has 1 aromatic carbocycles. The summed E-state index contributed by atoms with van der Waals surface area (Å²) in [7, 11) is 0. The molecule has 0 aliphatic heterocycles. The zero-order valence-corrected chi connectivity index (χ0v) is 18.3. The molecule has 0 aliphatic rings. The SMILES string of the molecule is C#C.CCCCCCCCc1cnc(C#Cc2ccc(CCCCC)cc2)nc1. The molecule has 0 radical (unpaired) electrons. The second kappa shape index (κ2) is 16.4. The van der Waals surface area contributed by atoms with Gasteiger partial charge in [0, 0.05) is 18.0 Å². The van der Waals surface area contributed by atoms with Gasteiger partial charge in [-0.05, 0) is 54.9 Å². The number of benzene rings is 1. The van der Waals surface area contributed by atoms with Crippen molar-refractivity contribution in [3.05, 3.63) is 59.2 Å². The van der Waals surface area contributed by atoms with Gasteiger partial charge in [-0.3, -0.25) is 0 Å². The highest BCUT2D eigenvalue weighted by molar-refractivity contribution is 5.39. The summed E-state index contributed by atoms with van der Waals surface area (Å²) in [5.74, 6) is 6.86. The van der Waals surface area contributed by atoms with E-state index >= 15 is 0 Å². The van der Waals surface area contributed by atoms with E-state index in [0.29, 0.717) is 5.82 Å². The summed E-state index contributed by atoms with van der Waals surface area (Å²) in [6, 6.07) is 8.57. The Labute approximate surface area is 178 Å². The molecule has 0 saturated heterocycles. The summed E-state index contributed by atoms with van der Waals surface area (Å²) >= 11 is 0. The molecule has 2 aromatic rings. The first kappa shape index (κ1) is 24.5. The van der Waals surface area contributed by atoms with Gasteiger partial charge in [0.05, 0.1) is 0 Å². The topological polar surface area (TPSA) is 25.8 Å². The van der Waals surface area contributed by atoms with Crippen molar-refractivity contribution < 1.29 is 0 Å². The van der Waals surface area contributed by atoms with Gasteiger partial charge in [0.25, 0.3) is 0 Å². The van der Waals surface area contributed by atoms with Gasteiger partial charge in [-0.25, -0.2) is 9.97 Å². The largest absolute Gasteiger partial charge is 0.229 e. The van der Waals surface area contributed by atoms with Gasteiger partial charge in [-0.15, -0.1) is 12.8 Å². The molecule has 0 aliphatic carbocycles. The average Bonchev–Trinajstić information content (AvgIpc) is 2.78. The first-order chi connectivity index (χ1) is 14.3. The number of hydrogen-bond donors (Lipinski definition) is 0. The van der Waals surface area contributed by atoms with Crippen LogP contribution in [0.3, 0.4) is 0 Å². The highest BCUT2D eigenvalue weighted by Crippen LogP contribution is 2.10. The number of terminal acetylenes is 1. The number of hydrogen-bond acceptors (Lipinski definition) is 2. The Morgan fingerprint density at radius 2 is 1.17 bits per heavy atom. The van der Waals surface area contributed by atoms with Crippen LogP contribution >= 0.6 is 0 Å². The molecular formula is C27H36N2. The van der Waals surface area contributed by atoms with Crippen LogP contribution in [0.4, 0.5) is 0 Å². The molecule has 0 unspecified atom stereocenters.